The van der Waals surface area contributed by atoms with Crippen molar-refractivity contribution in [3.63, 3.8) is 0 Å². The summed E-state index contributed by atoms with van der Waals surface area (Å²) in [5, 5.41) is 3.63. The van der Waals surface area contributed by atoms with Gasteiger partial charge >= 0.3 is 0 Å². The molecule has 0 aliphatic carbocycles. The molecule has 0 fully saturated rings. The van der Waals surface area contributed by atoms with E-state index in [4.69, 9.17) is 14.2 Å². The summed E-state index contributed by atoms with van der Waals surface area (Å²) in [6.45, 7) is 3.38. The monoisotopic (exact) mass is 395 g/mol. The SMILES string of the molecule is CCCOc1cc(CNC(c2ccccc2OC)c2nccn2C)ccc1OC. The number of methoxy groups -OCH3 is 2. The highest BCUT2D eigenvalue weighted by molar-refractivity contribution is 5.43. The summed E-state index contributed by atoms with van der Waals surface area (Å²) in [7, 11) is 5.34. The van der Waals surface area contributed by atoms with Crippen LogP contribution in [0.1, 0.15) is 36.3 Å². The number of hydrogen-bond donors (Lipinski definition) is 1. The molecule has 0 aliphatic heterocycles. The zero-order chi connectivity index (χ0) is 20.6. The van der Waals surface area contributed by atoms with Crippen molar-refractivity contribution >= 4 is 0 Å². The second kappa shape index (κ2) is 9.98. The summed E-state index contributed by atoms with van der Waals surface area (Å²) in [5.74, 6) is 3.26. The van der Waals surface area contributed by atoms with Gasteiger partial charge in [0.1, 0.15) is 11.6 Å². The molecule has 154 valence electrons. The third-order valence-corrected chi connectivity index (χ3v) is 4.77. The summed E-state index contributed by atoms with van der Waals surface area (Å²) in [6.07, 6.45) is 4.70. The van der Waals surface area contributed by atoms with Crippen molar-refractivity contribution in [1.29, 1.82) is 0 Å². The van der Waals surface area contributed by atoms with Gasteiger partial charge in [0.05, 0.1) is 26.9 Å². The van der Waals surface area contributed by atoms with Gasteiger partial charge in [-0.3, -0.25) is 5.32 Å². The van der Waals surface area contributed by atoms with Gasteiger partial charge in [0.2, 0.25) is 0 Å². The molecule has 0 radical (unpaired) electrons. The molecule has 6 heteroatoms. The average molecular weight is 396 g/mol. The van der Waals surface area contributed by atoms with E-state index in [0.717, 1.165) is 40.6 Å². The quantitative estimate of drug-likeness (QED) is 0.560. The van der Waals surface area contributed by atoms with Gasteiger partial charge in [-0.1, -0.05) is 31.2 Å². The number of rotatable bonds is 10. The van der Waals surface area contributed by atoms with Gasteiger partial charge in [0, 0.05) is 31.5 Å². The van der Waals surface area contributed by atoms with E-state index in [-0.39, 0.29) is 6.04 Å². The molecule has 1 aromatic heterocycles. The molecule has 1 atom stereocenters. The zero-order valence-corrected chi connectivity index (χ0v) is 17.5. The molecule has 0 bridgehead atoms. The van der Waals surface area contributed by atoms with Crippen molar-refractivity contribution in [2.45, 2.75) is 25.9 Å². The normalized spacial score (nSPS) is 11.9. The Morgan fingerprint density at radius 1 is 1.03 bits per heavy atom. The number of hydrogen-bond acceptors (Lipinski definition) is 5. The Balaban J connectivity index is 1.87. The minimum Gasteiger partial charge on any atom is -0.496 e. The lowest BCUT2D eigenvalue weighted by Gasteiger charge is -2.21. The molecule has 3 rings (SSSR count). The maximum Gasteiger partial charge on any atom is 0.161 e. The van der Waals surface area contributed by atoms with E-state index in [9.17, 15) is 0 Å². The highest BCUT2D eigenvalue weighted by Gasteiger charge is 2.21. The van der Waals surface area contributed by atoms with Crippen LogP contribution < -0.4 is 19.5 Å². The number of ether oxygens (including phenoxy) is 3. The molecule has 1 N–H and O–H groups in total. The van der Waals surface area contributed by atoms with E-state index in [2.05, 4.69) is 23.3 Å². The molecule has 0 saturated carbocycles. The molecule has 29 heavy (non-hydrogen) atoms. The predicted octanol–water partition coefficient (Wildman–Crippen LogP) is 4.11. The Labute approximate surface area is 172 Å². The number of aromatic nitrogens is 2. The topological polar surface area (TPSA) is 57.5 Å². The average Bonchev–Trinajstić information content (AvgIpc) is 3.18. The third-order valence-electron chi connectivity index (χ3n) is 4.77. The van der Waals surface area contributed by atoms with Gasteiger partial charge in [0.15, 0.2) is 11.5 Å². The number of imidazole rings is 1. The zero-order valence-electron chi connectivity index (χ0n) is 17.5. The van der Waals surface area contributed by atoms with Crippen LogP contribution >= 0.6 is 0 Å². The van der Waals surface area contributed by atoms with Gasteiger partial charge in [-0.2, -0.15) is 0 Å². The van der Waals surface area contributed by atoms with Gasteiger partial charge in [-0.25, -0.2) is 4.98 Å². The third kappa shape index (κ3) is 4.90. The number of nitrogens with zero attached hydrogens (tertiary/aromatic N) is 2. The fourth-order valence-electron chi connectivity index (χ4n) is 3.28. The van der Waals surface area contributed by atoms with Gasteiger partial charge in [0.25, 0.3) is 0 Å². The van der Waals surface area contributed by atoms with Crippen molar-refractivity contribution < 1.29 is 14.2 Å². The van der Waals surface area contributed by atoms with Crippen molar-refractivity contribution in [2.75, 3.05) is 20.8 Å². The molecule has 1 unspecified atom stereocenters. The Bertz CT molecular complexity index is 923. The van der Waals surface area contributed by atoms with Gasteiger partial charge in [-0.05, 0) is 30.2 Å². The van der Waals surface area contributed by atoms with Crippen LogP contribution in [0.15, 0.2) is 54.9 Å². The molecule has 3 aromatic rings. The molecule has 0 spiro atoms. The standard InChI is InChI=1S/C23H29N3O3/c1-5-14-29-21-15-17(10-11-20(21)28-4)16-25-22(23-24-12-13-26(23)2)18-8-6-7-9-19(18)27-3/h6-13,15,22,25H,5,14,16H2,1-4H3. The van der Waals surface area contributed by atoms with E-state index in [1.807, 2.05) is 60.4 Å². The number of nitrogens with one attached hydrogen (secondary N) is 1. The summed E-state index contributed by atoms with van der Waals surface area (Å²) in [6, 6.07) is 13.9. The molecular weight excluding hydrogens is 366 g/mol. The van der Waals surface area contributed by atoms with Crippen LogP contribution in [0.2, 0.25) is 0 Å². The smallest absolute Gasteiger partial charge is 0.161 e. The van der Waals surface area contributed by atoms with E-state index >= 15 is 0 Å². The molecule has 2 aromatic carbocycles. The molecule has 6 nitrogen and oxygen atoms in total. The predicted molar refractivity (Wildman–Crippen MR) is 114 cm³/mol. The Kier molecular flexibility index (Phi) is 7.14. The fraction of sp³-hybridized carbons (Fsp3) is 0.348. The van der Waals surface area contributed by atoms with Crippen molar-refractivity contribution in [1.82, 2.24) is 14.9 Å². The highest BCUT2D eigenvalue weighted by atomic mass is 16.5. The first kappa shape index (κ1) is 20.7. The number of benzene rings is 2. The van der Waals surface area contributed by atoms with Crippen molar-refractivity contribution in [3.05, 3.63) is 71.8 Å². The van der Waals surface area contributed by atoms with Crippen molar-refractivity contribution in [3.8, 4) is 17.2 Å². The second-order valence-corrected chi connectivity index (χ2v) is 6.79. The van der Waals surface area contributed by atoms with E-state index in [1.54, 1.807) is 14.2 Å². The maximum absolute atomic E-state index is 5.85. The summed E-state index contributed by atoms with van der Waals surface area (Å²) >= 11 is 0. The van der Waals surface area contributed by atoms with Gasteiger partial charge in [-0.15, -0.1) is 0 Å². The van der Waals surface area contributed by atoms with Crippen LogP contribution in [0.4, 0.5) is 0 Å². The molecular formula is C23H29N3O3. The maximum atomic E-state index is 5.85. The lowest BCUT2D eigenvalue weighted by Crippen LogP contribution is -2.25. The first-order chi connectivity index (χ1) is 14.2. The van der Waals surface area contributed by atoms with Crippen LogP contribution in [0.25, 0.3) is 0 Å². The van der Waals surface area contributed by atoms with Crippen LogP contribution in [0, 0.1) is 0 Å². The Morgan fingerprint density at radius 3 is 2.52 bits per heavy atom. The molecule has 0 saturated heterocycles. The highest BCUT2D eigenvalue weighted by Crippen LogP contribution is 2.31. The van der Waals surface area contributed by atoms with Crippen LogP contribution in [0.5, 0.6) is 17.2 Å². The fourth-order valence-corrected chi connectivity index (χ4v) is 3.28. The Morgan fingerprint density at radius 2 is 1.83 bits per heavy atom. The first-order valence-electron chi connectivity index (χ1n) is 9.81. The second-order valence-electron chi connectivity index (χ2n) is 6.79. The van der Waals surface area contributed by atoms with Crippen LogP contribution in [-0.4, -0.2) is 30.4 Å². The van der Waals surface area contributed by atoms with E-state index in [0.29, 0.717) is 13.2 Å². The Hall–Kier alpha value is -2.99. The van der Waals surface area contributed by atoms with E-state index < -0.39 is 0 Å². The minimum absolute atomic E-state index is 0.117. The molecule has 0 aliphatic rings. The molecule has 1 heterocycles. The van der Waals surface area contributed by atoms with E-state index in [1.165, 1.54) is 0 Å². The summed E-state index contributed by atoms with van der Waals surface area (Å²) in [4.78, 5) is 4.57. The van der Waals surface area contributed by atoms with Crippen molar-refractivity contribution in [2.24, 2.45) is 7.05 Å². The summed E-state index contributed by atoms with van der Waals surface area (Å²) < 4.78 is 18.9. The van der Waals surface area contributed by atoms with Crippen LogP contribution in [0.3, 0.4) is 0 Å². The lowest BCUT2D eigenvalue weighted by molar-refractivity contribution is 0.294. The first-order valence-corrected chi connectivity index (χ1v) is 9.81. The summed E-state index contributed by atoms with van der Waals surface area (Å²) in [5.41, 5.74) is 2.14. The van der Waals surface area contributed by atoms with Crippen LogP contribution in [-0.2, 0) is 13.6 Å². The number of aryl methyl sites for hydroxylation is 1. The molecule has 0 amide bonds. The van der Waals surface area contributed by atoms with Gasteiger partial charge < -0.3 is 18.8 Å². The lowest BCUT2D eigenvalue weighted by atomic mass is 10.0. The minimum atomic E-state index is -0.117. The largest absolute Gasteiger partial charge is 0.496 e. The number of para-hydroxylation sites is 1.